The van der Waals surface area contributed by atoms with Crippen LogP contribution in [0, 0.1) is 5.92 Å². The number of nitrogens with zero attached hydrogens (tertiary/aromatic N) is 1. The van der Waals surface area contributed by atoms with E-state index >= 15 is 0 Å². The summed E-state index contributed by atoms with van der Waals surface area (Å²) in [4.78, 5) is 13.8. The average Bonchev–Trinajstić information content (AvgIpc) is 2.82. The Morgan fingerprint density at radius 3 is 2.83 bits per heavy atom. The third kappa shape index (κ3) is 3.67. The summed E-state index contributed by atoms with van der Waals surface area (Å²) < 4.78 is 1.07. The Kier molecular flexibility index (Phi) is 4.97. The smallest absolute Gasteiger partial charge is 0.246 e. The van der Waals surface area contributed by atoms with Crippen LogP contribution in [0.25, 0.3) is 6.08 Å². The molecule has 0 radical (unpaired) electrons. The molecule has 0 saturated carbocycles. The second-order valence-electron chi connectivity index (χ2n) is 4.47. The van der Waals surface area contributed by atoms with Crippen molar-refractivity contribution in [1.82, 2.24) is 4.90 Å². The van der Waals surface area contributed by atoms with Gasteiger partial charge >= 0.3 is 0 Å². The second kappa shape index (κ2) is 6.50. The van der Waals surface area contributed by atoms with Crippen molar-refractivity contribution in [1.29, 1.82) is 0 Å². The van der Waals surface area contributed by atoms with E-state index in [2.05, 4.69) is 15.9 Å². The third-order valence-electron chi connectivity index (χ3n) is 3.19. The van der Waals surface area contributed by atoms with Crippen LogP contribution in [0.3, 0.4) is 0 Å². The van der Waals surface area contributed by atoms with Gasteiger partial charge in [0.05, 0.1) is 3.79 Å². The van der Waals surface area contributed by atoms with E-state index in [1.54, 1.807) is 17.4 Å². The maximum absolute atomic E-state index is 11.9. The first-order chi connectivity index (χ1) is 8.69. The first-order valence-electron chi connectivity index (χ1n) is 6.01. The summed E-state index contributed by atoms with van der Waals surface area (Å²) in [5, 5.41) is 11.1. The lowest BCUT2D eigenvalue weighted by Gasteiger charge is -2.30. The number of thiophene rings is 1. The fraction of sp³-hybridized carbons (Fsp3) is 0.462. The average molecular weight is 330 g/mol. The van der Waals surface area contributed by atoms with Gasteiger partial charge in [0.2, 0.25) is 5.91 Å². The zero-order chi connectivity index (χ0) is 13.0. The molecule has 5 heteroatoms. The van der Waals surface area contributed by atoms with Gasteiger partial charge in [-0.2, -0.15) is 0 Å². The van der Waals surface area contributed by atoms with Crippen molar-refractivity contribution < 1.29 is 9.90 Å². The highest BCUT2D eigenvalue weighted by Gasteiger charge is 2.20. The molecule has 0 atom stereocenters. The maximum atomic E-state index is 11.9. The molecule has 1 aliphatic rings. The van der Waals surface area contributed by atoms with E-state index in [9.17, 15) is 4.79 Å². The molecule has 1 saturated heterocycles. The number of aliphatic hydroxyl groups is 1. The zero-order valence-corrected chi connectivity index (χ0v) is 12.4. The summed E-state index contributed by atoms with van der Waals surface area (Å²) in [6, 6.07) is 1.99. The van der Waals surface area contributed by atoms with Crippen LogP contribution in [0.5, 0.6) is 0 Å². The number of likely N-dealkylation sites (tertiary alicyclic amines) is 1. The van der Waals surface area contributed by atoms with Crippen molar-refractivity contribution in [3.63, 3.8) is 0 Å². The molecule has 0 unspecified atom stereocenters. The van der Waals surface area contributed by atoms with Gasteiger partial charge in [0.25, 0.3) is 0 Å². The van der Waals surface area contributed by atoms with Crippen molar-refractivity contribution >= 4 is 39.2 Å². The van der Waals surface area contributed by atoms with E-state index in [4.69, 9.17) is 5.11 Å². The number of carbonyl (C=O) groups is 1. The number of hydrogen-bond acceptors (Lipinski definition) is 3. The predicted molar refractivity (Wildman–Crippen MR) is 77.4 cm³/mol. The van der Waals surface area contributed by atoms with Gasteiger partial charge in [-0.3, -0.25) is 4.79 Å². The van der Waals surface area contributed by atoms with E-state index < -0.39 is 0 Å². The summed E-state index contributed by atoms with van der Waals surface area (Å²) in [6.45, 7) is 1.74. The van der Waals surface area contributed by atoms with Gasteiger partial charge in [-0.05, 0) is 57.8 Å². The number of carbonyl (C=O) groups excluding carboxylic acids is 1. The van der Waals surface area contributed by atoms with Crippen molar-refractivity contribution in [2.45, 2.75) is 12.8 Å². The van der Waals surface area contributed by atoms with Crippen LogP contribution in [0.1, 0.15) is 18.4 Å². The van der Waals surface area contributed by atoms with Gasteiger partial charge in [0.15, 0.2) is 0 Å². The first kappa shape index (κ1) is 13.8. The standard InChI is InChI=1S/C13H16BrNO2S/c14-12-7-11(9-18-12)1-2-13(17)15-5-3-10(8-16)4-6-15/h1-2,7,9-10,16H,3-6,8H2/b2-1+. The largest absolute Gasteiger partial charge is 0.396 e. The summed E-state index contributed by atoms with van der Waals surface area (Å²) in [5.74, 6) is 0.430. The highest BCUT2D eigenvalue weighted by atomic mass is 79.9. The topological polar surface area (TPSA) is 40.5 Å². The molecule has 0 spiro atoms. The lowest BCUT2D eigenvalue weighted by Crippen LogP contribution is -2.38. The fourth-order valence-corrected chi connectivity index (χ4v) is 3.16. The molecule has 2 rings (SSSR count). The maximum Gasteiger partial charge on any atom is 0.246 e. The highest BCUT2D eigenvalue weighted by Crippen LogP contribution is 2.22. The molecule has 1 fully saturated rings. The molecule has 18 heavy (non-hydrogen) atoms. The minimum absolute atomic E-state index is 0.0636. The van der Waals surface area contributed by atoms with Gasteiger partial charge in [0, 0.05) is 25.8 Å². The molecule has 1 aromatic heterocycles. The Hall–Kier alpha value is -0.650. The van der Waals surface area contributed by atoms with Crippen LogP contribution >= 0.6 is 27.3 Å². The summed E-state index contributed by atoms with van der Waals surface area (Å²) in [6.07, 6.45) is 5.29. The highest BCUT2D eigenvalue weighted by molar-refractivity contribution is 9.11. The predicted octanol–water partition coefficient (Wildman–Crippen LogP) is 2.75. The van der Waals surface area contributed by atoms with E-state index in [1.807, 2.05) is 22.4 Å². The number of hydrogen-bond donors (Lipinski definition) is 1. The fourth-order valence-electron chi connectivity index (χ4n) is 2.02. The summed E-state index contributed by atoms with van der Waals surface area (Å²) >= 11 is 5.00. The molecule has 0 aliphatic carbocycles. The van der Waals surface area contributed by atoms with Crippen molar-refractivity contribution in [3.8, 4) is 0 Å². The molecule has 2 heterocycles. The number of rotatable bonds is 3. The van der Waals surface area contributed by atoms with Crippen LogP contribution in [0.2, 0.25) is 0 Å². The molecule has 0 bridgehead atoms. The molecule has 1 aliphatic heterocycles. The number of amides is 1. The third-order valence-corrected chi connectivity index (χ3v) is 4.71. The molecule has 98 valence electrons. The first-order valence-corrected chi connectivity index (χ1v) is 7.68. The number of halogens is 1. The minimum atomic E-state index is 0.0636. The van der Waals surface area contributed by atoms with E-state index in [0.29, 0.717) is 5.92 Å². The van der Waals surface area contributed by atoms with Crippen LogP contribution in [0.4, 0.5) is 0 Å². The van der Waals surface area contributed by atoms with Gasteiger partial charge in [0.1, 0.15) is 0 Å². The Morgan fingerprint density at radius 2 is 2.28 bits per heavy atom. The van der Waals surface area contributed by atoms with Gasteiger partial charge in [-0.1, -0.05) is 0 Å². The molecular formula is C13H16BrNO2S. The van der Waals surface area contributed by atoms with E-state index in [0.717, 1.165) is 35.3 Å². The molecule has 0 aromatic carbocycles. The normalized spacial score (nSPS) is 17.6. The van der Waals surface area contributed by atoms with Crippen molar-refractivity contribution in [2.75, 3.05) is 19.7 Å². The lowest BCUT2D eigenvalue weighted by atomic mass is 9.98. The monoisotopic (exact) mass is 329 g/mol. The molecule has 3 nitrogen and oxygen atoms in total. The Bertz CT molecular complexity index is 436. The molecule has 1 amide bonds. The minimum Gasteiger partial charge on any atom is -0.396 e. The molecular weight excluding hydrogens is 314 g/mol. The van der Waals surface area contributed by atoms with E-state index in [1.165, 1.54) is 0 Å². The van der Waals surface area contributed by atoms with Crippen LogP contribution in [-0.4, -0.2) is 35.6 Å². The SMILES string of the molecule is O=C(/C=C/c1csc(Br)c1)N1CCC(CO)CC1. The Balaban J connectivity index is 1.87. The van der Waals surface area contributed by atoms with Gasteiger partial charge in [-0.25, -0.2) is 0 Å². The van der Waals surface area contributed by atoms with E-state index in [-0.39, 0.29) is 12.5 Å². The molecule has 1 N–H and O–H groups in total. The zero-order valence-electron chi connectivity index (χ0n) is 10.0. The number of piperidine rings is 1. The Morgan fingerprint density at radius 1 is 1.56 bits per heavy atom. The molecule has 1 aromatic rings. The second-order valence-corrected chi connectivity index (χ2v) is 6.76. The Labute approximate surface area is 119 Å². The van der Waals surface area contributed by atoms with Gasteiger partial charge < -0.3 is 10.0 Å². The van der Waals surface area contributed by atoms with Crippen molar-refractivity contribution in [2.24, 2.45) is 5.92 Å². The summed E-state index contributed by atoms with van der Waals surface area (Å²) in [5.41, 5.74) is 1.05. The lowest BCUT2D eigenvalue weighted by molar-refractivity contribution is -0.127. The van der Waals surface area contributed by atoms with Crippen LogP contribution in [0.15, 0.2) is 21.3 Å². The van der Waals surface area contributed by atoms with Crippen molar-refractivity contribution in [3.05, 3.63) is 26.9 Å². The van der Waals surface area contributed by atoms with Crippen LogP contribution < -0.4 is 0 Å². The quantitative estimate of drug-likeness (QED) is 0.866. The van der Waals surface area contributed by atoms with Gasteiger partial charge in [-0.15, -0.1) is 11.3 Å². The summed E-state index contributed by atoms with van der Waals surface area (Å²) in [7, 11) is 0. The van der Waals surface area contributed by atoms with Crippen LogP contribution in [-0.2, 0) is 4.79 Å². The number of aliphatic hydroxyl groups excluding tert-OH is 1.